The second-order valence-electron chi connectivity index (χ2n) is 6.12. The first-order valence-corrected chi connectivity index (χ1v) is 7.34. The molecule has 1 unspecified atom stereocenters. The molecule has 0 saturated carbocycles. The molecule has 0 aromatic rings. The van der Waals surface area contributed by atoms with E-state index in [0.29, 0.717) is 12.3 Å². The van der Waals surface area contributed by atoms with Gasteiger partial charge in [0.05, 0.1) is 5.54 Å². The highest BCUT2D eigenvalue weighted by Gasteiger charge is 2.38. The fraction of sp³-hybridized carbons (Fsp3) is 0.857. The lowest BCUT2D eigenvalue weighted by Gasteiger charge is -2.40. The van der Waals surface area contributed by atoms with Gasteiger partial charge < -0.3 is 16.0 Å². The van der Waals surface area contributed by atoms with E-state index in [9.17, 15) is 9.59 Å². The van der Waals surface area contributed by atoms with Crippen molar-refractivity contribution in [3.63, 3.8) is 0 Å². The van der Waals surface area contributed by atoms with Crippen LogP contribution >= 0.6 is 12.4 Å². The normalized spacial score (nSPS) is 27.8. The Morgan fingerprint density at radius 3 is 2.45 bits per heavy atom. The number of rotatable bonds is 3. The lowest BCUT2D eigenvalue weighted by Crippen LogP contribution is -2.59. The van der Waals surface area contributed by atoms with Gasteiger partial charge >= 0.3 is 0 Å². The molecule has 6 heteroatoms. The molecule has 2 amide bonds. The van der Waals surface area contributed by atoms with Crippen molar-refractivity contribution < 1.29 is 9.59 Å². The summed E-state index contributed by atoms with van der Waals surface area (Å²) in [5, 5.41) is 3.37. The van der Waals surface area contributed by atoms with Gasteiger partial charge in [-0.05, 0) is 51.5 Å². The summed E-state index contributed by atoms with van der Waals surface area (Å²) in [5.41, 5.74) is 4.85. The van der Waals surface area contributed by atoms with Crippen molar-refractivity contribution in [2.45, 2.75) is 51.0 Å². The summed E-state index contributed by atoms with van der Waals surface area (Å²) >= 11 is 0. The number of carbonyl (C=O) groups is 2. The highest BCUT2D eigenvalue weighted by molar-refractivity contribution is 5.86. The number of likely N-dealkylation sites (tertiary alicyclic amines) is 1. The second-order valence-corrected chi connectivity index (χ2v) is 6.12. The Labute approximate surface area is 127 Å². The molecule has 2 aliphatic heterocycles. The smallest absolute Gasteiger partial charge is 0.242 e. The summed E-state index contributed by atoms with van der Waals surface area (Å²) in [4.78, 5) is 25.4. The minimum absolute atomic E-state index is 0. The number of hydrogen-bond acceptors (Lipinski definition) is 3. The molecule has 0 bridgehead atoms. The number of nitrogens with zero attached hydrogens (tertiary/aromatic N) is 1. The van der Waals surface area contributed by atoms with Crippen LogP contribution in [-0.2, 0) is 9.59 Å². The molecule has 3 N–H and O–H groups in total. The van der Waals surface area contributed by atoms with Crippen LogP contribution in [0.2, 0.25) is 0 Å². The zero-order chi connectivity index (χ0) is 13.9. The van der Waals surface area contributed by atoms with Gasteiger partial charge in [-0.15, -0.1) is 12.4 Å². The maximum atomic E-state index is 12.6. The fourth-order valence-corrected chi connectivity index (χ4v) is 3.21. The van der Waals surface area contributed by atoms with E-state index in [1.807, 2.05) is 11.8 Å². The summed E-state index contributed by atoms with van der Waals surface area (Å²) in [6.45, 7) is 4.46. The number of halogens is 1. The molecule has 2 rings (SSSR count). The lowest BCUT2D eigenvalue weighted by molar-refractivity contribution is -0.140. The van der Waals surface area contributed by atoms with Crippen molar-refractivity contribution in [3.8, 4) is 0 Å². The average Bonchev–Trinajstić information content (AvgIpc) is 2.39. The third-order valence-corrected chi connectivity index (χ3v) is 4.48. The largest absolute Gasteiger partial charge is 0.370 e. The minimum atomic E-state index is -0.380. The van der Waals surface area contributed by atoms with Gasteiger partial charge in [0, 0.05) is 19.5 Å². The lowest BCUT2D eigenvalue weighted by atomic mass is 9.87. The molecule has 5 nitrogen and oxygen atoms in total. The molecule has 20 heavy (non-hydrogen) atoms. The van der Waals surface area contributed by atoms with Crippen molar-refractivity contribution >= 4 is 24.2 Å². The third-order valence-electron chi connectivity index (χ3n) is 4.48. The Morgan fingerprint density at radius 1 is 1.30 bits per heavy atom. The average molecular weight is 304 g/mol. The molecule has 0 aromatic heterocycles. The van der Waals surface area contributed by atoms with E-state index in [2.05, 4.69) is 5.32 Å². The van der Waals surface area contributed by atoms with Crippen molar-refractivity contribution in [1.29, 1.82) is 0 Å². The number of nitrogens with two attached hydrogens (primary N) is 1. The summed E-state index contributed by atoms with van der Waals surface area (Å²) in [5.74, 6) is 0.351. The quantitative estimate of drug-likeness (QED) is 0.818. The van der Waals surface area contributed by atoms with E-state index in [-0.39, 0.29) is 29.8 Å². The number of nitrogens with one attached hydrogen (secondary N) is 1. The zero-order valence-corrected chi connectivity index (χ0v) is 13.0. The molecule has 2 heterocycles. The molecule has 1 atom stereocenters. The van der Waals surface area contributed by atoms with Gasteiger partial charge in [-0.2, -0.15) is 0 Å². The van der Waals surface area contributed by atoms with Crippen LogP contribution in [0.5, 0.6) is 0 Å². The number of hydrogen-bond donors (Lipinski definition) is 2. The Hall–Kier alpha value is -0.810. The molecule has 2 fully saturated rings. The van der Waals surface area contributed by atoms with Gasteiger partial charge in [0.2, 0.25) is 11.8 Å². The number of carbonyl (C=O) groups excluding carboxylic acids is 2. The van der Waals surface area contributed by atoms with Crippen LogP contribution in [0.1, 0.15) is 45.4 Å². The van der Waals surface area contributed by atoms with Crippen LogP contribution in [0.25, 0.3) is 0 Å². The predicted molar refractivity (Wildman–Crippen MR) is 80.6 cm³/mol. The molecule has 116 valence electrons. The van der Waals surface area contributed by atoms with Crippen LogP contribution < -0.4 is 11.1 Å². The SMILES string of the molecule is CC1(C(=O)N2CCC(CC(N)=O)CC2)CCCCN1.Cl. The molecular formula is C14H26ClN3O2. The van der Waals surface area contributed by atoms with E-state index in [1.54, 1.807) is 0 Å². The van der Waals surface area contributed by atoms with Crippen LogP contribution in [0.15, 0.2) is 0 Å². The minimum Gasteiger partial charge on any atom is -0.370 e. The number of piperidine rings is 2. The van der Waals surface area contributed by atoms with Crippen molar-refractivity contribution in [2.24, 2.45) is 11.7 Å². The maximum Gasteiger partial charge on any atom is 0.242 e. The van der Waals surface area contributed by atoms with Crippen LogP contribution in [0.4, 0.5) is 0 Å². The van der Waals surface area contributed by atoms with Gasteiger partial charge in [0.1, 0.15) is 0 Å². The zero-order valence-electron chi connectivity index (χ0n) is 12.2. The van der Waals surface area contributed by atoms with Crippen molar-refractivity contribution in [2.75, 3.05) is 19.6 Å². The third kappa shape index (κ3) is 4.09. The second kappa shape index (κ2) is 7.27. The van der Waals surface area contributed by atoms with Gasteiger partial charge in [-0.25, -0.2) is 0 Å². The van der Waals surface area contributed by atoms with Gasteiger partial charge in [0.25, 0.3) is 0 Å². The first-order chi connectivity index (χ1) is 9.01. The highest BCUT2D eigenvalue weighted by Crippen LogP contribution is 2.26. The molecule has 2 saturated heterocycles. The first kappa shape index (κ1) is 17.2. The van der Waals surface area contributed by atoms with Gasteiger partial charge in [-0.1, -0.05) is 0 Å². The molecule has 2 aliphatic rings. The van der Waals surface area contributed by atoms with Crippen LogP contribution in [-0.4, -0.2) is 41.9 Å². The standard InChI is InChI=1S/C14H25N3O2.ClH/c1-14(6-2-3-7-16-14)13(19)17-8-4-11(5-9-17)10-12(15)18;/h11,16H,2-10H2,1H3,(H2,15,18);1H. The Morgan fingerprint density at radius 2 is 1.95 bits per heavy atom. The fourth-order valence-electron chi connectivity index (χ4n) is 3.21. The number of amides is 2. The Bertz CT molecular complexity index is 348. The van der Waals surface area contributed by atoms with E-state index in [4.69, 9.17) is 5.73 Å². The highest BCUT2D eigenvalue weighted by atomic mass is 35.5. The molecular weight excluding hydrogens is 278 g/mol. The van der Waals surface area contributed by atoms with Gasteiger partial charge in [0.15, 0.2) is 0 Å². The van der Waals surface area contributed by atoms with Crippen molar-refractivity contribution in [1.82, 2.24) is 10.2 Å². The first-order valence-electron chi connectivity index (χ1n) is 7.34. The Balaban J connectivity index is 0.00000200. The van der Waals surface area contributed by atoms with E-state index in [0.717, 1.165) is 51.7 Å². The molecule has 0 spiro atoms. The summed E-state index contributed by atoms with van der Waals surface area (Å²) in [6, 6.07) is 0. The van der Waals surface area contributed by atoms with Crippen LogP contribution in [0, 0.1) is 5.92 Å². The van der Waals surface area contributed by atoms with Crippen molar-refractivity contribution in [3.05, 3.63) is 0 Å². The van der Waals surface area contributed by atoms with E-state index < -0.39 is 0 Å². The van der Waals surface area contributed by atoms with Gasteiger partial charge in [-0.3, -0.25) is 9.59 Å². The monoisotopic (exact) mass is 303 g/mol. The van der Waals surface area contributed by atoms with E-state index in [1.165, 1.54) is 0 Å². The predicted octanol–water partition coefficient (Wildman–Crippen LogP) is 1.05. The summed E-state index contributed by atoms with van der Waals surface area (Å²) in [7, 11) is 0. The maximum absolute atomic E-state index is 12.6. The molecule has 0 aliphatic carbocycles. The topological polar surface area (TPSA) is 75.4 Å². The summed E-state index contributed by atoms with van der Waals surface area (Å²) in [6.07, 6.45) is 5.44. The molecule has 0 aromatic carbocycles. The number of primary amides is 1. The van der Waals surface area contributed by atoms with E-state index >= 15 is 0 Å². The van der Waals surface area contributed by atoms with Crippen LogP contribution in [0.3, 0.4) is 0 Å². The Kier molecular flexibility index (Phi) is 6.27. The summed E-state index contributed by atoms with van der Waals surface area (Å²) < 4.78 is 0. The molecule has 0 radical (unpaired) electrons.